The number of rotatable bonds is 3. The summed E-state index contributed by atoms with van der Waals surface area (Å²) in [5.41, 5.74) is -0.0348. The van der Waals surface area contributed by atoms with Crippen LogP contribution in [0.5, 0.6) is 0 Å². The van der Waals surface area contributed by atoms with Gasteiger partial charge >= 0.3 is 5.97 Å². The largest absolute Gasteiger partial charge is 0.477 e. The molecule has 1 fully saturated rings. The van der Waals surface area contributed by atoms with Crippen molar-refractivity contribution < 1.29 is 19.4 Å². The molecule has 2 atom stereocenters. The number of nitrogens with one attached hydrogen (secondary N) is 1. The van der Waals surface area contributed by atoms with Gasteiger partial charge in [-0.1, -0.05) is 6.07 Å². The Labute approximate surface area is 104 Å². The summed E-state index contributed by atoms with van der Waals surface area (Å²) in [5.74, 6) is -1.53. The Morgan fingerprint density at radius 2 is 2.17 bits per heavy atom. The molecule has 1 saturated heterocycles. The Balaban J connectivity index is 2.09. The van der Waals surface area contributed by atoms with Gasteiger partial charge < -0.3 is 15.2 Å². The Kier molecular flexibility index (Phi) is 3.57. The molecule has 2 N–H and O–H groups in total. The van der Waals surface area contributed by atoms with E-state index in [0.29, 0.717) is 6.61 Å². The van der Waals surface area contributed by atoms with Crippen LogP contribution < -0.4 is 5.32 Å². The lowest BCUT2D eigenvalue weighted by molar-refractivity contribution is 0.0690. The molecule has 18 heavy (non-hydrogen) atoms. The number of ether oxygens (including phenoxy) is 1. The quantitative estimate of drug-likeness (QED) is 0.823. The first-order valence-electron chi connectivity index (χ1n) is 5.71. The maximum Gasteiger partial charge on any atom is 0.354 e. The molecule has 1 aromatic heterocycles. The predicted octanol–water partition coefficient (Wildman–Crippen LogP) is 0.687. The van der Waals surface area contributed by atoms with Crippen LogP contribution in [0.3, 0.4) is 0 Å². The number of aromatic carboxylic acids is 1. The standard InChI is InChI=1S/C12H14N2O4/c1-7-8(5-6-18-7)14-11(15)9-3-2-4-10(13-9)12(16)17/h2-4,7-8H,5-6H2,1H3,(H,14,15)(H,16,17). The van der Waals surface area contributed by atoms with E-state index < -0.39 is 5.97 Å². The predicted molar refractivity (Wildman–Crippen MR) is 62.5 cm³/mol. The number of hydrogen-bond acceptors (Lipinski definition) is 4. The van der Waals surface area contributed by atoms with Crippen molar-refractivity contribution in [1.82, 2.24) is 10.3 Å². The lowest BCUT2D eigenvalue weighted by Gasteiger charge is -2.15. The van der Waals surface area contributed by atoms with Crippen LogP contribution in [-0.4, -0.2) is 40.7 Å². The van der Waals surface area contributed by atoms with E-state index in [-0.39, 0.29) is 29.4 Å². The number of amides is 1. The molecule has 0 radical (unpaired) electrons. The number of pyridine rings is 1. The van der Waals surface area contributed by atoms with Gasteiger partial charge in [0.15, 0.2) is 0 Å². The third kappa shape index (κ3) is 2.65. The monoisotopic (exact) mass is 250 g/mol. The van der Waals surface area contributed by atoms with E-state index in [1.54, 1.807) is 0 Å². The minimum atomic E-state index is -1.15. The molecule has 1 aliphatic heterocycles. The number of nitrogens with zero attached hydrogens (tertiary/aromatic N) is 1. The first-order valence-corrected chi connectivity index (χ1v) is 5.71. The molecule has 2 heterocycles. The summed E-state index contributed by atoms with van der Waals surface area (Å²) in [6.07, 6.45) is 0.725. The summed E-state index contributed by atoms with van der Waals surface area (Å²) >= 11 is 0. The lowest BCUT2D eigenvalue weighted by atomic mass is 10.1. The topological polar surface area (TPSA) is 88.5 Å². The van der Waals surface area contributed by atoms with E-state index >= 15 is 0 Å². The van der Waals surface area contributed by atoms with Crippen molar-refractivity contribution in [1.29, 1.82) is 0 Å². The summed E-state index contributed by atoms with van der Waals surface area (Å²) in [6, 6.07) is 4.29. The van der Waals surface area contributed by atoms with Crippen molar-refractivity contribution in [3.05, 3.63) is 29.6 Å². The van der Waals surface area contributed by atoms with Crippen molar-refractivity contribution >= 4 is 11.9 Å². The molecule has 0 spiro atoms. The van der Waals surface area contributed by atoms with Crippen LogP contribution in [0.25, 0.3) is 0 Å². The number of carboxylic acids is 1. The van der Waals surface area contributed by atoms with E-state index in [2.05, 4.69) is 10.3 Å². The summed E-state index contributed by atoms with van der Waals surface area (Å²) in [4.78, 5) is 26.4. The zero-order valence-electron chi connectivity index (χ0n) is 9.92. The maximum atomic E-state index is 11.9. The highest BCUT2D eigenvalue weighted by molar-refractivity contribution is 5.94. The van der Waals surface area contributed by atoms with E-state index in [4.69, 9.17) is 9.84 Å². The summed E-state index contributed by atoms with van der Waals surface area (Å²) < 4.78 is 5.33. The molecule has 0 aromatic carbocycles. The number of hydrogen-bond donors (Lipinski definition) is 2. The van der Waals surface area contributed by atoms with Gasteiger partial charge in [0.2, 0.25) is 0 Å². The first-order chi connectivity index (χ1) is 8.58. The second kappa shape index (κ2) is 5.14. The smallest absolute Gasteiger partial charge is 0.354 e. The maximum absolute atomic E-state index is 11.9. The SMILES string of the molecule is CC1OCCC1NC(=O)c1cccc(C(=O)O)n1. The highest BCUT2D eigenvalue weighted by Gasteiger charge is 2.26. The van der Waals surface area contributed by atoms with Gasteiger partial charge in [-0.05, 0) is 25.5 Å². The van der Waals surface area contributed by atoms with Crippen LogP contribution >= 0.6 is 0 Å². The van der Waals surface area contributed by atoms with Crippen molar-refractivity contribution in [3.63, 3.8) is 0 Å². The highest BCUT2D eigenvalue weighted by atomic mass is 16.5. The molecule has 1 amide bonds. The molecule has 0 saturated carbocycles. The fraction of sp³-hybridized carbons (Fsp3) is 0.417. The Bertz CT molecular complexity index is 475. The van der Waals surface area contributed by atoms with Gasteiger partial charge in [0.25, 0.3) is 5.91 Å². The fourth-order valence-electron chi connectivity index (χ4n) is 1.84. The van der Waals surface area contributed by atoms with Gasteiger partial charge in [0.05, 0.1) is 12.1 Å². The zero-order valence-corrected chi connectivity index (χ0v) is 9.92. The van der Waals surface area contributed by atoms with E-state index in [0.717, 1.165) is 6.42 Å². The second-order valence-electron chi connectivity index (χ2n) is 4.16. The minimum Gasteiger partial charge on any atom is -0.477 e. The van der Waals surface area contributed by atoms with Crippen LogP contribution in [0.15, 0.2) is 18.2 Å². The first kappa shape index (κ1) is 12.5. The molecular formula is C12H14N2O4. The lowest BCUT2D eigenvalue weighted by Crippen LogP contribution is -2.39. The summed E-state index contributed by atoms with van der Waals surface area (Å²) in [7, 11) is 0. The molecule has 6 heteroatoms. The van der Waals surface area contributed by atoms with E-state index in [1.165, 1.54) is 18.2 Å². The molecule has 1 aliphatic rings. The van der Waals surface area contributed by atoms with Crippen LogP contribution in [0.1, 0.15) is 34.3 Å². The molecule has 0 bridgehead atoms. The third-order valence-electron chi connectivity index (χ3n) is 2.89. The second-order valence-corrected chi connectivity index (χ2v) is 4.16. The van der Waals surface area contributed by atoms with Gasteiger partial charge in [-0.25, -0.2) is 9.78 Å². The third-order valence-corrected chi connectivity index (χ3v) is 2.89. The molecule has 2 rings (SSSR count). The van der Waals surface area contributed by atoms with Crippen LogP contribution in [-0.2, 0) is 4.74 Å². The fourth-order valence-corrected chi connectivity index (χ4v) is 1.84. The van der Waals surface area contributed by atoms with Crippen LogP contribution in [0, 0.1) is 0 Å². The van der Waals surface area contributed by atoms with Crippen molar-refractivity contribution in [2.45, 2.75) is 25.5 Å². The molecule has 6 nitrogen and oxygen atoms in total. The zero-order chi connectivity index (χ0) is 13.1. The van der Waals surface area contributed by atoms with Crippen LogP contribution in [0.2, 0.25) is 0 Å². The number of carbonyl (C=O) groups excluding carboxylic acids is 1. The Morgan fingerprint density at radius 1 is 1.44 bits per heavy atom. The summed E-state index contributed by atoms with van der Waals surface area (Å²) in [5, 5.41) is 11.6. The highest BCUT2D eigenvalue weighted by Crippen LogP contribution is 2.13. The van der Waals surface area contributed by atoms with Crippen molar-refractivity contribution in [3.8, 4) is 0 Å². The molecular weight excluding hydrogens is 236 g/mol. The molecule has 96 valence electrons. The van der Waals surface area contributed by atoms with Crippen LogP contribution in [0.4, 0.5) is 0 Å². The number of carbonyl (C=O) groups is 2. The van der Waals surface area contributed by atoms with Gasteiger partial charge in [-0.3, -0.25) is 4.79 Å². The van der Waals surface area contributed by atoms with Gasteiger partial charge in [-0.15, -0.1) is 0 Å². The van der Waals surface area contributed by atoms with Gasteiger partial charge in [0, 0.05) is 6.61 Å². The van der Waals surface area contributed by atoms with Crippen molar-refractivity contribution in [2.75, 3.05) is 6.61 Å². The summed E-state index contributed by atoms with van der Waals surface area (Å²) in [6.45, 7) is 2.51. The van der Waals surface area contributed by atoms with Gasteiger partial charge in [-0.2, -0.15) is 0 Å². The van der Waals surface area contributed by atoms with Gasteiger partial charge in [0.1, 0.15) is 11.4 Å². The molecule has 2 unspecified atom stereocenters. The number of carboxylic acid groups (broad SMARTS) is 1. The average molecular weight is 250 g/mol. The Hall–Kier alpha value is -1.95. The van der Waals surface area contributed by atoms with E-state index in [1.807, 2.05) is 6.92 Å². The van der Waals surface area contributed by atoms with Crippen molar-refractivity contribution in [2.24, 2.45) is 0 Å². The van der Waals surface area contributed by atoms with E-state index in [9.17, 15) is 9.59 Å². The molecule has 1 aromatic rings. The normalized spacial score (nSPS) is 22.7. The average Bonchev–Trinajstić information content (AvgIpc) is 2.75. The number of aromatic nitrogens is 1. The molecule has 0 aliphatic carbocycles. The Morgan fingerprint density at radius 3 is 2.78 bits per heavy atom. The minimum absolute atomic E-state index is 0.0309.